The van der Waals surface area contributed by atoms with Crippen LogP contribution in [0, 0.1) is 6.92 Å². The number of nitrogens with zero attached hydrogens (tertiary/aromatic N) is 3. The number of hydrogen-bond acceptors (Lipinski definition) is 5. The van der Waals surface area contributed by atoms with Crippen LogP contribution in [0.3, 0.4) is 0 Å². The molecule has 1 aromatic carbocycles. The molecule has 1 atom stereocenters. The summed E-state index contributed by atoms with van der Waals surface area (Å²) in [6.45, 7) is 2.93. The highest BCUT2D eigenvalue weighted by Gasteiger charge is 2.39. The molecule has 4 rings (SSSR count). The molecule has 6 nitrogen and oxygen atoms in total. The lowest BCUT2D eigenvalue weighted by atomic mass is 10.1. The number of likely N-dealkylation sites (tertiary alicyclic amines) is 1. The summed E-state index contributed by atoms with van der Waals surface area (Å²) < 4.78 is 5.72. The van der Waals surface area contributed by atoms with E-state index in [2.05, 4.69) is 9.97 Å². The van der Waals surface area contributed by atoms with Gasteiger partial charge in [-0.3, -0.25) is 4.79 Å². The number of benzene rings is 1. The van der Waals surface area contributed by atoms with Crippen molar-refractivity contribution in [3.63, 3.8) is 0 Å². The van der Waals surface area contributed by atoms with Gasteiger partial charge in [-0.2, -0.15) is 0 Å². The second-order valence-corrected chi connectivity index (χ2v) is 7.41. The Morgan fingerprint density at radius 1 is 1.27 bits per heavy atom. The first-order chi connectivity index (χ1) is 12.5. The molecule has 1 aromatic heterocycles. The lowest BCUT2D eigenvalue weighted by molar-refractivity contribution is 0.00429. The molecule has 2 aromatic rings. The van der Waals surface area contributed by atoms with Crippen molar-refractivity contribution in [2.45, 2.75) is 37.7 Å². The summed E-state index contributed by atoms with van der Waals surface area (Å²) in [5.41, 5.74) is 0.594. The summed E-state index contributed by atoms with van der Waals surface area (Å²) in [4.78, 5) is 22.9. The summed E-state index contributed by atoms with van der Waals surface area (Å²) in [6.07, 6.45) is 5.96. The molecule has 136 valence electrons. The Morgan fingerprint density at radius 3 is 2.62 bits per heavy atom. The van der Waals surface area contributed by atoms with Crippen LogP contribution in [0.1, 0.15) is 46.9 Å². The molecule has 0 spiro atoms. The summed E-state index contributed by atoms with van der Waals surface area (Å²) >= 11 is 0. The van der Waals surface area contributed by atoms with Gasteiger partial charge >= 0.3 is 0 Å². The van der Waals surface area contributed by atoms with Crippen LogP contribution < -0.4 is 4.74 Å². The van der Waals surface area contributed by atoms with Crippen LogP contribution in [0.5, 0.6) is 5.75 Å². The van der Waals surface area contributed by atoms with Gasteiger partial charge in [0.15, 0.2) is 0 Å². The molecule has 0 radical (unpaired) electrons. The third kappa shape index (κ3) is 3.70. The van der Waals surface area contributed by atoms with Gasteiger partial charge in [-0.25, -0.2) is 9.97 Å². The Bertz CT molecular complexity index is 787. The highest BCUT2D eigenvalue weighted by atomic mass is 16.5. The molecule has 1 saturated carbocycles. The van der Waals surface area contributed by atoms with E-state index in [-0.39, 0.29) is 19.1 Å². The zero-order chi connectivity index (χ0) is 18.1. The summed E-state index contributed by atoms with van der Waals surface area (Å²) in [5.74, 6) is 1.87. The first kappa shape index (κ1) is 17.0. The molecule has 1 aliphatic carbocycles. The first-order valence-corrected chi connectivity index (χ1v) is 9.05. The van der Waals surface area contributed by atoms with Crippen molar-refractivity contribution < 1.29 is 14.6 Å². The normalized spacial score (nSPS) is 22.5. The second-order valence-electron chi connectivity index (χ2n) is 7.41. The fourth-order valence-corrected chi connectivity index (χ4v) is 3.18. The maximum Gasteiger partial charge on any atom is 0.257 e. The Kier molecular flexibility index (Phi) is 4.36. The van der Waals surface area contributed by atoms with E-state index in [1.807, 2.05) is 31.2 Å². The van der Waals surface area contributed by atoms with Crippen LogP contribution in [0.15, 0.2) is 36.7 Å². The van der Waals surface area contributed by atoms with Crippen molar-refractivity contribution in [3.8, 4) is 5.75 Å². The van der Waals surface area contributed by atoms with E-state index >= 15 is 0 Å². The highest BCUT2D eigenvalue weighted by molar-refractivity contribution is 5.93. The minimum atomic E-state index is -1.03. The van der Waals surface area contributed by atoms with Crippen molar-refractivity contribution >= 4 is 5.91 Å². The molecule has 1 N–H and O–H groups in total. The second kappa shape index (κ2) is 6.68. The number of ether oxygens (including phenoxy) is 1. The number of aryl methyl sites for hydroxylation is 1. The number of hydrogen-bond donors (Lipinski definition) is 1. The average molecular weight is 353 g/mol. The Hall–Kier alpha value is -2.47. The number of rotatable bonds is 5. The first-order valence-electron chi connectivity index (χ1n) is 9.05. The van der Waals surface area contributed by atoms with Crippen LogP contribution in [-0.4, -0.2) is 51.2 Å². The number of carbonyl (C=O) groups excluding carboxylic acids is 1. The molecule has 0 bridgehead atoms. The van der Waals surface area contributed by atoms with Crippen LogP contribution in [0.2, 0.25) is 0 Å². The largest absolute Gasteiger partial charge is 0.491 e. The van der Waals surface area contributed by atoms with Crippen LogP contribution in [-0.2, 0) is 0 Å². The summed E-state index contributed by atoms with van der Waals surface area (Å²) in [5, 5.41) is 10.7. The monoisotopic (exact) mass is 353 g/mol. The maximum absolute atomic E-state index is 12.6. The Morgan fingerprint density at radius 2 is 1.96 bits per heavy atom. The molecule has 2 fully saturated rings. The fraction of sp³-hybridized carbons (Fsp3) is 0.450. The SMILES string of the molecule is Cc1ccc(OC[C@]2(O)CCN(C(=O)c3cnc(C4CC4)nc3)C2)cc1. The average Bonchev–Trinajstić information content (AvgIpc) is 3.43. The van der Waals surface area contributed by atoms with E-state index in [1.165, 1.54) is 0 Å². The van der Waals surface area contributed by atoms with Crippen molar-refractivity contribution in [2.24, 2.45) is 0 Å². The van der Waals surface area contributed by atoms with Gasteiger partial charge in [0.25, 0.3) is 5.91 Å². The molecule has 1 saturated heterocycles. The van der Waals surface area contributed by atoms with Gasteiger partial charge in [0.05, 0.1) is 12.1 Å². The van der Waals surface area contributed by atoms with Gasteiger partial charge in [0.1, 0.15) is 23.8 Å². The summed E-state index contributed by atoms with van der Waals surface area (Å²) in [7, 11) is 0. The molecule has 26 heavy (non-hydrogen) atoms. The molecule has 2 heterocycles. The van der Waals surface area contributed by atoms with E-state index < -0.39 is 5.60 Å². The zero-order valence-electron chi connectivity index (χ0n) is 14.9. The van der Waals surface area contributed by atoms with Gasteiger partial charge < -0.3 is 14.7 Å². The van der Waals surface area contributed by atoms with Crippen molar-refractivity contribution in [3.05, 3.63) is 53.6 Å². The van der Waals surface area contributed by atoms with Gasteiger partial charge in [0.2, 0.25) is 0 Å². The van der Waals surface area contributed by atoms with Crippen LogP contribution in [0.25, 0.3) is 0 Å². The smallest absolute Gasteiger partial charge is 0.257 e. The number of carbonyl (C=O) groups is 1. The molecule has 1 aliphatic heterocycles. The van der Waals surface area contributed by atoms with Gasteiger partial charge in [-0.15, -0.1) is 0 Å². The Balaban J connectivity index is 1.35. The van der Waals surface area contributed by atoms with Crippen molar-refractivity contribution in [1.82, 2.24) is 14.9 Å². The van der Waals surface area contributed by atoms with E-state index in [1.54, 1.807) is 17.3 Å². The molecular formula is C20H23N3O3. The minimum Gasteiger partial charge on any atom is -0.491 e. The third-order valence-electron chi connectivity index (χ3n) is 5.01. The number of aromatic nitrogens is 2. The number of β-amino-alcohol motifs (C(OH)–C–C–N with tert-alkyl or cyclic N) is 1. The van der Waals surface area contributed by atoms with E-state index in [0.29, 0.717) is 24.4 Å². The van der Waals surface area contributed by atoms with Gasteiger partial charge in [-0.05, 0) is 38.3 Å². The predicted molar refractivity (Wildman–Crippen MR) is 96.2 cm³/mol. The zero-order valence-corrected chi connectivity index (χ0v) is 14.9. The van der Waals surface area contributed by atoms with Gasteiger partial charge in [0, 0.05) is 24.9 Å². The molecule has 2 aliphatic rings. The van der Waals surface area contributed by atoms with E-state index in [9.17, 15) is 9.90 Å². The molecule has 0 unspecified atom stereocenters. The lowest BCUT2D eigenvalue weighted by Crippen LogP contribution is -2.40. The standard InChI is InChI=1S/C20H23N3O3/c1-14-2-6-17(7-3-14)26-13-20(25)8-9-23(12-20)19(24)16-10-21-18(22-11-16)15-4-5-15/h2-3,6-7,10-11,15,25H,4-5,8-9,12-13H2,1H3/t20-/m0/s1. The maximum atomic E-state index is 12.6. The number of aliphatic hydroxyl groups is 1. The topological polar surface area (TPSA) is 75.6 Å². The fourth-order valence-electron chi connectivity index (χ4n) is 3.18. The van der Waals surface area contributed by atoms with Gasteiger partial charge in [-0.1, -0.05) is 17.7 Å². The van der Waals surface area contributed by atoms with Crippen LogP contribution in [0.4, 0.5) is 0 Å². The molecule has 6 heteroatoms. The van der Waals surface area contributed by atoms with Crippen molar-refractivity contribution in [1.29, 1.82) is 0 Å². The summed E-state index contributed by atoms with van der Waals surface area (Å²) in [6, 6.07) is 7.70. The minimum absolute atomic E-state index is 0.140. The Labute approximate surface area is 152 Å². The molecular weight excluding hydrogens is 330 g/mol. The number of amides is 1. The lowest BCUT2D eigenvalue weighted by Gasteiger charge is -2.23. The predicted octanol–water partition coefficient (Wildman–Crippen LogP) is 2.32. The van der Waals surface area contributed by atoms with E-state index in [4.69, 9.17) is 4.74 Å². The molecule has 1 amide bonds. The quantitative estimate of drug-likeness (QED) is 0.893. The third-order valence-corrected chi connectivity index (χ3v) is 5.01. The highest BCUT2D eigenvalue weighted by Crippen LogP contribution is 2.37. The van der Waals surface area contributed by atoms with Crippen LogP contribution >= 0.6 is 0 Å². The van der Waals surface area contributed by atoms with Crippen molar-refractivity contribution in [2.75, 3.05) is 19.7 Å². The van der Waals surface area contributed by atoms with E-state index in [0.717, 1.165) is 30.0 Å².